The zero-order chi connectivity index (χ0) is 23.8. The van der Waals surface area contributed by atoms with Crippen molar-refractivity contribution < 1.29 is 23.8 Å². The predicted molar refractivity (Wildman–Crippen MR) is 124 cm³/mol. The van der Waals surface area contributed by atoms with Crippen molar-refractivity contribution in [1.29, 1.82) is 0 Å². The van der Waals surface area contributed by atoms with E-state index >= 15 is 0 Å². The second-order valence-corrected chi connectivity index (χ2v) is 8.08. The molecule has 1 aliphatic carbocycles. The molecule has 1 aromatic heterocycles. The van der Waals surface area contributed by atoms with Crippen LogP contribution in [0, 0.1) is 5.82 Å². The summed E-state index contributed by atoms with van der Waals surface area (Å²) in [6, 6.07) is 19.4. The number of nitrogens with one attached hydrogen (secondary N) is 1. The average molecular weight is 478 g/mol. The van der Waals surface area contributed by atoms with Crippen molar-refractivity contribution in [1.82, 2.24) is 9.78 Å². The van der Waals surface area contributed by atoms with E-state index in [0.29, 0.717) is 0 Å². The first-order valence-corrected chi connectivity index (χ1v) is 10.7. The van der Waals surface area contributed by atoms with Gasteiger partial charge in [0.05, 0.1) is 16.9 Å². The Morgan fingerprint density at radius 3 is 2.35 bits per heavy atom. The third-order valence-corrected chi connectivity index (χ3v) is 6.02. The van der Waals surface area contributed by atoms with Crippen LogP contribution in [0.15, 0.2) is 72.9 Å². The molecule has 4 aromatic rings. The van der Waals surface area contributed by atoms with Crippen molar-refractivity contribution in [3.63, 3.8) is 0 Å². The zero-order valence-corrected chi connectivity index (χ0v) is 18.3. The van der Waals surface area contributed by atoms with Gasteiger partial charge in [-0.15, -0.1) is 0 Å². The van der Waals surface area contributed by atoms with Gasteiger partial charge in [0.2, 0.25) is 0 Å². The second kappa shape index (κ2) is 8.64. The molecule has 0 aliphatic heterocycles. The Balaban J connectivity index is 1.40. The van der Waals surface area contributed by atoms with Crippen molar-refractivity contribution in [2.24, 2.45) is 0 Å². The Morgan fingerprint density at radius 2 is 1.71 bits per heavy atom. The quantitative estimate of drug-likeness (QED) is 0.383. The number of aromatic nitrogens is 2. The van der Waals surface area contributed by atoms with E-state index < -0.39 is 17.9 Å². The number of carboxylic acids is 1. The van der Waals surface area contributed by atoms with Crippen LogP contribution in [-0.4, -0.2) is 33.6 Å². The SMILES string of the molecule is O=C(Nc1c(C(=O)O)cnn1-c1cc(F)ccc1Cl)OCC1c2ccccc2-c2ccccc21. The number of ether oxygens (including phenoxy) is 1. The number of hydrogen-bond acceptors (Lipinski definition) is 4. The molecule has 34 heavy (non-hydrogen) atoms. The van der Waals surface area contributed by atoms with Gasteiger partial charge in [-0.2, -0.15) is 5.10 Å². The molecule has 0 saturated carbocycles. The summed E-state index contributed by atoms with van der Waals surface area (Å²) in [5.74, 6) is -2.29. The largest absolute Gasteiger partial charge is 0.477 e. The Morgan fingerprint density at radius 1 is 1.06 bits per heavy atom. The van der Waals surface area contributed by atoms with Gasteiger partial charge in [0.25, 0.3) is 0 Å². The monoisotopic (exact) mass is 477 g/mol. The number of carboxylic acid groups (broad SMARTS) is 1. The molecular formula is C25H17ClFN3O4. The number of fused-ring (bicyclic) bond motifs is 3. The highest BCUT2D eigenvalue weighted by Gasteiger charge is 2.29. The van der Waals surface area contributed by atoms with E-state index in [9.17, 15) is 19.1 Å². The maximum Gasteiger partial charge on any atom is 0.412 e. The molecule has 3 aromatic carbocycles. The summed E-state index contributed by atoms with van der Waals surface area (Å²) in [6.45, 7) is 0.0388. The van der Waals surface area contributed by atoms with Gasteiger partial charge in [0.15, 0.2) is 5.82 Å². The first-order chi connectivity index (χ1) is 16.4. The van der Waals surface area contributed by atoms with E-state index in [4.69, 9.17) is 16.3 Å². The van der Waals surface area contributed by atoms with Crippen molar-refractivity contribution in [3.05, 3.63) is 100 Å². The number of benzene rings is 3. The van der Waals surface area contributed by atoms with Crippen LogP contribution in [0.25, 0.3) is 16.8 Å². The molecule has 0 spiro atoms. The molecule has 1 amide bonds. The molecule has 0 bridgehead atoms. The molecule has 0 saturated heterocycles. The fourth-order valence-electron chi connectivity index (χ4n) is 4.19. The normalized spacial score (nSPS) is 12.2. The lowest BCUT2D eigenvalue weighted by atomic mass is 9.98. The van der Waals surface area contributed by atoms with Crippen LogP contribution in [0.3, 0.4) is 0 Å². The van der Waals surface area contributed by atoms with Crippen LogP contribution in [0.2, 0.25) is 5.02 Å². The number of aromatic carboxylic acids is 1. The zero-order valence-electron chi connectivity index (χ0n) is 17.5. The van der Waals surface area contributed by atoms with Crippen LogP contribution < -0.4 is 5.32 Å². The summed E-state index contributed by atoms with van der Waals surface area (Å²) in [7, 11) is 0. The highest BCUT2D eigenvalue weighted by atomic mass is 35.5. The molecule has 1 aliphatic rings. The fraction of sp³-hybridized carbons (Fsp3) is 0.0800. The maximum atomic E-state index is 13.8. The van der Waals surface area contributed by atoms with E-state index in [-0.39, 0.29) is 34.6 Å². The molecule has 2 N–H and O–H groups in total. The minimum atomic E-state index is -1.33. The van der Waals surface area contributed by atoms with Gasteiger partial charge in [-0.3, -0.25) is 5.32 Å². The summed E-state index contributed by atoms with van der Waals surface area (Å²) in [5.41, 5.74) is 4.02. The number of anilines is 1. The Bertz CT molecular complexity index is 1390. The Kier molecular flexibility index (Phi) is 5.51. The number of halogens is 2. The highest BCUT2D eigenvalue weighted by Crippen LogP contribution is 2.44. The lowest BCUT2D eigenvalue weighted by Crippen LogP contribution is -2.21. The molecule has 170 valence electrons. The third-order valence-electron chi connectivity index (χ3n) is 5.70. The van der Waals surface area contributed by atoms with Crippen LogP contribution in [0.1, 0.15) is 27.4 Å². The average Bonchev–Trinajstić information content (AvgIpc) is 3.38. The van der Waals surface area contributed by atoms with Crippen molar-refractivity contribution >= 4 is 29.5 Å². The summed E-state index contributed by atoms with van der Waals surface area (Å²) in [4.78, 5) is 24.4. The lowest BCUT2D eigenvalue weighted by molar-refractivity contribution is 0.0698. The Labute approximate surface area is 198 Å². The predicted octanol–water partition coefficient (Wildman–Crippen LogP) is 5.72. The van der Waals surface area contributed by atoms with Gasteiger partial charge < -0.3 is 9.84 Å². The minimum absolute atomic E-state index is 0.0388. The van der Waals surface area contributed by atoms with Crippen LogP contribution in [0.5, 0.6) is 0 Å². The van der Waals surface area contributed by atoms with E-state index in [1.165, 1.54) is 6.07 Å². The van der Waals surface area contributed by atoms with Crippen LogP contribution in [0.4, 0.5) is 15.0 Å². The highest BCUT2D eigenvalue weighted by molar-refractivity contribution is 6.32. The summed E-state index contributed by atoms with van der Waals surface area (Å²) in [5, 5.41) is 16.1. The van der Waals surface area contributed by atoms with E-state index in [1.807, 2.05) is 48.5 Å². The fourth-order valence-corrected chi connectivity index (χ4v) is 4.38. The summed E-state index contributed by atoms with van der Waals surface area (Å²) in [6.07, 6.45) is 0.168. The molecule has 0 fully saturated rings. The number of rotatable bonds is 5. The first-order valence-electron chi connectivity index (χ1n) is 10.3. The molecule has 7 nitrogen and oxygen atoms in total. The van der Waals surface area contributed by atoms with Crippen molar-refractivity contribution in [2.45, 2.75) is 5.92 Å². The Hall–Kier alpha value is -4.17. The third kappa shape index (κ3) is 3.78. The molecular weight excluding hydrogens is 461 g/mol. The number of amides is 1. The van der Waals surface area contributed by atoms with Crippen molar-refractivity contribution in [2.75, 3.05) is 11.9 Å². The van der Waals surface area contributed by atoms with Gasteiger partial charge in [0, 0.05) is 12.0 Å². The van der Waals surface area contributed by atoms with Gasteiger partial charge in [-0.05, 0) is 34.4 Å². The number of hydrogen-bond donors (Lipinski definition) is 2. The van der Waals surface area contributed by atoms with E-state index in [1.54, 1.807) is 0 Å². The van der Waals surface area contributed by atoms with Crippen LogP contribution in [-0.2, 0) is 4.74 Å². The number of carbonyl (C=O) groups is 2. The molecule has 9 heteroatoms. The van der Waals surface area contributed by atoms with Gasteiger partial charge in [0.1, 0.15) is 18.0 Å². The topological polar surface area (TPSA) is 93.5 Å². The van der Waals surface area contributed by atoms with Crippen molar-refractivity contribution in [3.8, 4) is 16.8 Å². The molecule has 0 radical (unpaired) electrons. The summed E-state index contributed by atoms with van der Waals surface area (Å²) >= 11 is 6.15. The molecule has 0 unspecified atom stereocenters. The van der Waals surface area contributed by atoms with E-state index in [0.717, 1.165) is 45.3 Å². The second-order valence-electron chi connectivity index (χ2n) is 7.67. The maximum absolute atomic E-state index is 13.8. The van der Waals surface area contributed by atoms with Crippen LogP contribution >= 0.6 is 11.6 Å². The first kappa shape index (κ1) is 21.7. The van der Waals surface area contributed by atoms with Gasteiger partial charge >= 0.3 is 12.1 Å². The smallest absolute Gasteiger partial charge is 0.412 e. The number of nitrogens with zero attached hydrogens (tertiary/aromatic N) is 2. The van der Waals surface area contributed by atoms with Gasteiger partial charge in [-0.25, -0.2) is 18.7 Å². The molecule has 1 heterocycles. The standard InChI is InChI=1S/C25H17ClFN3O4/c26-21-10-9-14(27)11-22(21)30-23(19(12-28-30)24(31)32)29-25(33)34-13-20-17-7-3-1-5-15(17)16-6-2-4-8-18(16)20/h1-12,20H,13H2,(H,29,33)(H,31,32). The molecule has 0 atom stereocenters. The van der Waals surface area contributed by atoms with Gasteiger partial charge in [-0.1, -0.05) is 60.1 Å². The number of carbonyl (C=O) groups excluding carboxylic acids is 1. The summed E-state index contributed by atoms with van der Waals surface area (Å²) < 4.78 is 20.4. The molecule has 5 rings (SSSR count). The van der Waals surface area contributed by atoms with E-state index in [2.05, 4.69) is 10.4 Å². The minimum Gasteiger partial charge on any atom is -0.477 e. The lowest BCUT2D eigenvalue weighted by Gasteiger charge is -2.15.